The van der Waals surface area contributed by atoms with Crippen molar-refractivity contribution >= 4 is 33.4 Å². The second-order valence-corrected chi connectivity index (χ2v) is 9.63. The van der Waals surface area contributed by atoms with Gasteiger partial charge in [0.05, 0.1) is 18.1 Å². The molecule has 0 radical (unpaired) electrons. The minimum atomic E-state index is -4.07. The summed E-state index contributed by atoms with van der Waals surface area (Å²) in [6.07, 6.45) is 0. The molecule has 2 aromatic rings. The molecule has 1 aliphatic carbocycles. The summed E-state index contributed by atoms with van der Waals surface area (Å²) in [4.78, 5) is 26.1. The number of ether oxygens (including phenoxy) is 2. The predicted molar refractivity (Wildman–Crippen MR) is 112 cm³/mol. The van der Waals surface area contributed by atoms with Gasteiger partial charge in [0.15, 0.2) is 15.3 Å². The molecular formula is C22H23ClO6S. The molecule has 0 heterocycles. The number of hydrogen-bond donors (Lipinski definition) is 0. The molecule has 0 aromatic heterocycles. The Morgan fingerprint density at radius 2 is 1.57 bits per heavy atom. The Kier molecular flexibility index (Phi) is 6.24. The summed E-state index contributed by atoms with van der Waals surface area (Å²) in [5.74, 6) is -2.79. The number of carbonyl (C=O) groups is 2. The zero-order valence-corrected chi connectivity index (χ0v) is 18.5. The number of rotatable bonds is 7. The van der Waals surface area contributed by atoms with E-state index < -0.39 is 38.4 Å². The molecule has 0 aliphatic heterocycles. The molecule has 30 heavy (non-hydrogen) atoms. The van der Waals surface area contributed by atoms with Gasteiger partial charge in [-0.25, -0.2) is 8.42 Å². The van der Waals surface area contributed by atoms with Gasteiger partial charge in [-0.05, 0) is 50.6 Å². The Bertz CT molecular complexity index is 1040. The van der Waals surface area contributed by atoms with Crippen LogP contribution in [0.25, 0.3) is 0 Å². The lowest BCUT2D eigenvalue weighted by molar-refractivity contribution is -0.164. The summed E-state index contributed by atoms with van der Waals surface area (Å²) in [7, 11) is -4.07. The van der Waals surface area contributed by atoms with Gasteiger partial charge >= 0.3 is 11.9 Å². The van der Waals surface area contributed by atoms with E-state index in [4.69, 9.17) is 21.1 Å². The van der Waals surface area contributed by atoms with Crippen LogP contribution >= 0.6 is 11.6 Å². The summed E-state index contributed by atoms with van der Waals surface area (Å²) in [5, 5.41) is -0.989. The van der Waals surface area contributed by atoms with E-state index in [1.54, 1.807) is 50.2 Å². The van der Waals surface area contributed by atoms with Crippen LogP contribution in [0.15, 0.2) is 53.4 Å². The highest BCUT2D eigenvalue weighted by Crippen LogP contribution is 2.65. The third kappa shape index (κ3) is 3.61. The minimum absolute atomic E-state index is 0.000443. The fraction of sp³-hybridized carbons (Fsp3) is 0.364. The molecule has 1 fully saturated rings. The maximum Gasteiger partial charge on any atom is 0.325 e. The third-order valence-corrected chi connectivity index (χ3v) is 7.73. The van der Waals surface area contributed by atoms with E-state index >= 15 is 0 Å². The van der Waals surface area contributed by atoms with Crippen LogP contribution in [0.5, 0.6) is 0 Å². The normalized spacial score (nSPS) is 19.7. The van der Waals surface area contributed by atoms with Crippen LogP contribution in [0, 0.1) is 12.3 Å². The molecule has 0 saturated heterocycles. The van der Waals surface area contributed by atoms with Crippen molar-refractivity contribution in [1.82, 2.24) is 0 Å². The van der Waals surface area contributed by atoms with Crippen LogP contribution in [0.3, 0.4) is 0 Å². The van der Waals surface area contributed by atoms with Crippen LogP contribution in [0.2, 0.25) is 5.02 Å². The zero-order chi connectivity index (χ0) is 22.1. The Hall–Kier alpha value is -2.38. The van der Waals surface area contributed by atoms with Crippen molar-refractivity contribution in [3.05, 3.63) is 64.7 Å². The summed E-state index contributed by atoms with van der Waals surface area (Å²) in [6, 6.07) is 12.8. The van der Waals surface area contributed by atoms with Crippen LogP contribution in [0.4, 0.5) is 0 Å². The summed E-state index contributed by atoms with van der Waals surface area (Å²) < 4.78 is 37.4. The van der Waals surface area contributed by atoms with Crippen molar-refractivity contribution in [2.45, 2.75) is 36.8 Å². The lowest BCUT2D eigenvalue weighted by atomic mass is 9.99. The van der Waals surface area contributed by atoms with Gasteiger partial charge in [0.1, 0.15) is 5.25 Å². The van der Waals surface area contributed by atoms with Crippen LogP contribution in [-0.4, -0.2) is 38.8 Å². The van der Waals surface area contributed by atoms with Gasteiger partial charge in [-0.3, -0.25) is 9.59 Å². The average Bonchev–Trinajstić information content (AvgIpc) is 3.41. The van der Waals surface area contributed by atoms with Gasteiger partial charge in [0.2, 0.25) is 0 Å². The van der Waals surface area contributed by atoms with Gasteiger partial charge < -0.3 is 9.47 Å². The molecule has 2 unspecified atom stereocenters. The highest BCUT2D eigenvalue weighted by Gasteiger charge is 2.81. The molecule has 6 nitrogen and oxygen atoms in total. The predicted octanol–water partition coefficient (Wildman–Crippen LogP) is 3.70. The number of benzene rings is 2. The summed E-state index contributed by atoms with van der Waals surface area (Å²) in [5.41, 5.74) is -0.636. The van der Waals surface area contributed by atoms with Crippen molar-refractivity contribution < 1.29 is 27.5 Å². The second-order valence-electron chi connectivity index (χ2n) is 7.12. The van der Waals surface area contributed by atoms with Crippen LogP contribution < -0.4 is 0 Å². The molecule has 8 heteroatoms. The first-order valence-corrected chi connectivity index (χ1v) is 11.5. The van der Waals surface area contributed by atoms with E-state index in [0.717, 1.165) is 5.56 Å². The molecule has 2 aromatic carbocycles. The Morgan fingerprint density at radius 1 is 1.00 bits per heavy atom. The first kappa shape index (κ1) is 22.3. The smallest absolute Gasteiger partial charge is 0.325 e. The third-order valence-electron chi connectivity index (χ3n) is 5.25. The Morgan fingerprint density at radius 3 is 2.07 bits per heavy atom. The molecule has 1 saturated carbocycles. The molecular weight excluding hydrogens is 428 g/mol. The average molecular weight is 451 g/mol. The summed E-state index contributed by atoms with van der Waals surface area (Å²) >= 11 is 6.11. The SMILES string of the molecule is CCOC(=O)C1(C(=O)OCC)C(c2cccc(Cl)c2)C1S(=O)(=O)c1ccc(C)cc1. The number of halogens is 1. The van der Waals surface area contributed by atoms with Gasteiger partial charge in [0.25, 0.3) is 0 Å². The largest absolute Gasteiger partial charge is 0.465 e. The number of hydrogen-bond acceptors (Lipinski definition) is 6. The van der Waals surface area contributed by atoms with Crippen LogP contribution in [-0.2, 0) is 28.9 Å². The number of esters is 2. The molecule has 160 valence electrons. The number of carbonyl (C=O) groups excluding carboxylic acids is 2. The first-order valence-electron chi connectivity index (χ1n) is 9.61. The summed E-state index contributed by atoms with van der Waals surface area (Å²) in [6.45, 7) is 5.02. The van der Waals surface area contributed by atoms with E-state index in [2.05, 4.69) is 0 Å². The van der Waals surface area contributed by atoms with E-state index in [9.17, 15) is 18.0 Å². The number of sulfone groups is 1. The van der Waals surface area contributed by atoms with Gasteiger partial charge in [-0.1, -0.05) is 41.4 Å². The zero-order valence-electron chi connectivity index (χ0n) is 16.9. The maximum absolute atomic E-state index is 13.6. The highest BCUT2D eigenvalue weighted by molar-refractivity contribution is 7.92. The van der Waals surface area contributed by atoms with Gasteiger partial charge in [-0.15, -0.1) is 0 Å². The monoisotopic (exact) mass is 450 g/mol. The fourth-order valence-electron chi connectivity index (χ4n) is 3.86. The second kappa shape index (κ2) is 8.40. The lowest BCUT2D eigenvalue weighted by Gasteiger charge is -2.15. The minimum Gasteiger partial charge on any atom is -0.465 e. The Labute approximate surface area is 181 Å². The fourth-order valence-corrected chi connectivity index (χ4v) is 6.35. The molecule has 0 amide bonds. The van der Waals surface area contributed by atoms with E-state index in [0.29, 0.717) is 10.6 Å². The quantitative estimate of drug-likeness (QED) is 0.472. The van der Waals surface area contributed by atoms with E-state index in [-0.39, 0.29) is 18.1 Å². The van der Waals surface area contributed by atoms with Gasteiger partial charge in [0, 0.05) is 10.9 Å². The standard InChI is InChI=1S/C22H23ClO6S/c1-4-28-20(24)22(21(25)29-5-2)18(15-7-6-8-16(23)13-15)19(22)30(26,27)17-11-9-14(3)10-12-17/h6-13,18-19H,4-5H2,1-3H3. The molecule has 0 spiro atoms. The van der Waals surface area contributed by atoms with Crippen molar-refractivity contribution in [3.8, 4) is 0 Å². The molecule has 0 bridgehead atoms. The molecule has 3 rings (SSSR count). The van der Waals surface area contributed by atoms with E-state index in [1.807, 2.05) is 6.92 Å². The topological polar surface area (TPSA) is 86.7 Å². The first-order chi connectivity index (χ1) is 14.2. The van der Waals surface area contributed by atoms with Crippen molar-refractivity contribution in [2.24, 2.45) is 5.41 Å². The molecule has 2 atom stereocenters. The van der Waals surface area contributed by atoms with Crippen molar-refractivity contribution in [2.75, 3.05) is 13.2 Å². The molecule has 0 N–H and O–H groups in total. The Balaban J connectivity index is 2.21. The van der Waals surface area contributed by atoms with E-state index in [1.165, 1.54) is 12.1 Å². The van der Waals surface area contributed by atoms with Crippen molar-refractivity contribution in [3.63, 3.8) is 0 Å². The highest BCUT2D eigenvalue weighted by atomic mass is 35.5. The van der Waals surface area contributed by atoms with Crippen LogP contribution in [0.1, 0.15) is 30.9 Å². The lowest BCUT2D eigenvalue weighted by Crippen LogP contribution is -2.35. The van der Waals surface area contributed by atoms with Crippen molar-refractivity contribution in [1.29, 1.82) is 0 Å². The molecule has 1 aliphatic rings. The maximum atomic E-state index is 13.6. The van der Waals surface area contributed by atoms with Gasteiger partial charge in [-0.2, -0.15) is 0 Å². The number of aryl methyl sites for hydroxylation is 1.